The first kappa shape index (κ1) is 21.2. The van der Waals surface area contributed by atoms with Crippen molar-refractivity contribution < 1.29 is 14.3 Å². The molecule has 1 saturated heterocycles. The van der Waals surface area contributed by atoms with Crippen LogP contribution in [0, 0.1) is 5.92 Å². The van der Waals surface area contributed by atoms with Crippen molar-refractivity contribution in [3.05, 3.63) is 36.0 Å². The first-order valence-electron chi connectivity index (χ1n) is 11.0. The topological polar surface area (TPSA) is 49.7 Å². The zero-order valence-electron chi connectivity index (χ0n) is 18.3. The lowest BCUT2D eigenvalue weighted by Crippen LogP contribution is -2.47. The van der Waals surface area contributed by atoms with Crippen LogP contribution in [0.3, 0.4) is 0 Å². The summed E-state index contributed by atoms with van der Waals surface area (Å²) < 4.78 is 12.5. The van der Waals surface area contributed by atoms with Crippen molar-refractivity contribution in [1.29, 1.82) is 0 Å². The predicted octanol–water partition coefficient (Wildman–Crippen LogP) is 2.21. The summed E-state index contributed by atoms with van der Waals surface area (Å²) in [6.07, 6.45) is 4.80. The third-order valence-electron chi connectivity index (χ3n) is 6.20. The van der Waals surface area contributed by atoms with Crippen molar-refractivity contribution in [3.63, 3.8) is 0 Å². The summed E-state index contributed by atoms with van der Waals surface area (Å²) in [6.45, 7) is 7.69. The first-order valence-corrected chi connectivity index (χ1v) is 11.0. The SMILES string of the molecule is COCCN(CCOC)C(=O)c1ccc2ccc(N3CCN(CC4CC4)CC3)n2c1. The Morgan fingerprint density at radius 1 is 1.00 bits per heavy atom. The molecule has 0 atom stereocenters. The third kappa shape index (κ3) is 4.96. The summed E-state index contributed by atoms with van der Waals surface area (Å²) >= 11 is 0. The molecule has 0 spiro atoms. The molecule has 0 unspecified atom stereocenters. The van der Waals surface area contributed by atoms with Crippen LogP contribution < -0.4 is 4.90 Å². The molecule has 30 heavy (non-hydrogen) atoms. The number of nitrogens with zero attached hydrogens (tertiary/aromatic N) is 4. The fourth-order valence-electron chi connectivity index (χ4n) is 4.20. The van der Waals surface area contributed by atoms with E-state index in [-0.39, 0.29) is 5.91 Å². The maximum Gasteiger partial charge on any atom is 0.255 e. The van der Waals surface area contributed by atoms with Crippen LogP contribution in [0.25, 0.3) is 5.52 Å². The van der Waals surface area contributed by atoms with E-state index in [1.807, 2.05) is 18.3 Å². The van der Waals surface area contributed by atoms with Crippen LogP contribution in [-0.4, -0.2) is 93.4 Å². The number of ether oxygens (including phenoxy) is 2. The Kier molecular flexibility index (Phi) is 6.92. The summed E-state index contributed by atoms with van der Waals surface area (Å²) in [5, 5.41) is 0. The fraction of sp³-hybridized carbons (Fsp3) is 0.609. The minimum Gasteiger partial charge on any atom is -0.383 e. The predicted molar refractivity (Wildman–Crippen MR) is 118 cm³/mol. The van der Waals surface area contributed by atoms with E-state index in [0.717, 1.165) is 37.6 Å². The van der Waals surface area contributed by atoms with Crippen LogP contribution in [-0.2, 0) is 9.47 Å². The highest BCUT2D eigenvalue weighted by Crippen LogP contribution is 2.30. The number of piperazine rings is 1. The van der Waals surface area contributed by atoms with E-state index in [4.69, 9.17) is 9.47 Å². The third-order valence-corrected chi connectivity index (χ3v) is 6.20. The van der Waals surface area contributed by atoms with Crippen LogP contribution in [0.2, 0.25) is 0 Å². The van der Waals surface area contributed by atoms with Gasteiger partial charge in [0.15, 0.2) is 0 Å². The second-order valence-corrected chi connectivity index (χ2v) is 8.41. The number of anilines is 1. The quantitative estimate of drug-likeness (QED) is 0.597. The first-order chi connectivity index (χ1) is 14.7. The van der Waals surface area contributed by atoms with Gasteiger partial charge in [0.2, 0.25) is 0 Å². The molecule has 4 rings (SSSR count). The van der Waals surface area contributed by atoms with Crippen LogP contribution in [0.15, 0.2) is 30.5 Å². The summed E-state index contributed by atoms with van der Waals surface area (Å²) in [4.78, 5) is 20.0. The Balaban J connectivity index is 1.48. The second-order valence-electron chi connectivity index (χ2n) is 8.41. The van der Waals surface area contributed by atoms with Crippen LogP contribution >= 0.6 is 0 Å². The number of methoxy groups -OCH3 is 2. The van der Waals surface area contributed by atoms with Crippen molar-refractivity contribution in [1.82, 2.24) is 14.2 Å². The molecule has 2 aromatic heterocycles. The number of hydrogen-bond acceptors (Lipinski definition) is 5. The van der Waals surface area contributed by atoms with Gasteiger partial charge >= 0.3 is 0 Å². The Morgan fingerprint density at radius 3 is 2.30 bits per heavy atom. The van der Waals surface area contributed by atoms with E-state index >= 15 is 0 Å². The van der Waals surface area contributed by atoms with Gasteiger partial charge in [-0.2, -0.15) is 0 Å². The van der Waals surface area contributed by atoms with E-state index in [9.17, 15) is 4.79 Å². The smallest absolute Gasteiger partial charge is 0.255 e. The Morgan fingerprint density at radius 2 is 1.67 bits per heavy atom. The van der Waals surface area contributed by atoms with Gasteiger partial charge in [-0.1, -0.05) is 0 Å². The van der Waals surface area contributed by atoms with E-state index in [2.05, 4.69) is 26.3 Å². The molecular formula is C23H34N4O3. The highest BCUT2D eigenvalue weighted by molar-refractivity contribution is 5.94. The van der Waals surface area contributed by atoms with Gasteiger partial charge in [-0.25, -0.2) is 0 Å². The summed E-state index contributed by atoms with van der Waals surface area (Å²) in [5.74, 6) is 2.13. The molecule has 164 valence electrons. The maximum atomic E-state index is 13.1. The normalized spacial score (nSPS) is 17.6. The van der Waals surface area contributed by atoms with Crippen molar-refractivity contribution >= 4 is 17.2 Å². The molecule has 0 N–H and O–H groups in total. The molecule has 2 aromatic rings. The lowest BCUT2D eigenvalue weighted by Gasteiger charge is -2.35. The number of hydrogen-bond donors (Lipinski definition) is 0. The zero-order chi connectivity index (χ0) is 20.9. The lowest BCUT2D eigenvalue weighted by atomic mass is 10.2. The van der Waals surface area contributed by atoms with E-state index < -0.39 is 0 Å². The molecule has 0 aromatic carbocycles. The maximum absolute atomic E-state index is 13.1. The molecule has 1 saturated carbocycles. The summed E-state index contributed by atoms with van der Waals surface area (Å²) in [6, 6.07) is 8.26. The molecule has 2 aliphatic rings. The summed E-state index contributed by atoms with van der Waals surface area (Å²) in [7, 11) is 3.31. The lowest BCUT2D eigenvalue weighted by molar-refractivity contribution is 0.0627. The van der Waals surface area contributed by atoms with E-state index in [0.29, 0.717) is 31.9 Å². The number of fused-ring (bicyclic) bond motifs is 1. The molecule has 1 aliphatic carbocycles. The number of amides is 1. The molecule has 7 heteroatoms. The molecule has 0 bridgehead atoms. The minimum absolute atomic E-state index is 0.0138. The van der Waals surface area contributed by atoms with Gasteiger partial charge < -0.3 is 23.7 Å². The molecule has 0 radical (unpaired) electrons. The molecule has 1 amide bonds. The Labute approximate surface area is 179 Å². The second kappa shape index (κ2) is 9.81. The van der Waals surface area contributed by atoms with E-state index in [1.165, 1.54) is 25.2 Å². The number of aromatic nitrogens is 1. The average molecular weight is 415 g/mol. The van der Waals surface area contributed by atoms with Crippen molar-refractivity contribution in [2.75, 3.05) is 78.1 Å². The van der Waals surface area contributed by atoms with Crippen LogP contribution in [0.5, 0.6) is 0 Å². The van der Waals surface area contributed by atoms with Gasteiger partial charge in [0.25, 0.3) is 5.91 Å². The fourth-order valence-corrected chi connectivity index (χ4v) is 4.20. The average Bonchev–Trinajstić information content (AvgIpc) is 3.49. The minimum atomic E-state index is 0.0138. The highest BCUT2D eigenvalue weighted by atomic mass is 16.5. The van der Waals surface area contributed by atoms with Gasteiger partial charge in [0.05, 0.1) is 18.8 Å². The van der Waals surface area contributed by atoms with Crippen molar-refractivity contribution in [2.45, 2.75) is 12.8 Å². The standard InChI is InChI=1S/C23H34N4O3/c1-29-15-13-26(14-16-30-2)23(28)20-5-6-21-7-8-22(27(21)18-20)25-11-9-24(10-12-25)17-19-3-4-19/h5-8,18-19H,3-4,9-17H2,1-2H3. The largest absolute Gasteiger partial charge is 0.383 e. The molecular weight excluding hydrogens is 380 g/mol. The van der Waals surface area contributed by atoms with Crippen LogP contribution in [0.4, 0.5) is 5.82 Å². The molecule has 3 heterocycles. The zero-order valence-corrected chi connectivity index (χ0v) is 18.3. The number of carbonyl (C=O) groups excluding carboxylic acids is 1. The van der Waals surface area contributed by atoms with Gasteiger partial charge in [-0.05, 0) is 43.0 Å². The Bertz CT molecular complexity index is 832. The number of rotatable bonds is 10. The molecule has 1 aliphatic heterocycles. The van der Waals surface area contributed by atoms with E-state index in [1.54, 1.807) is 19.1 Å². The number of carbonyl (C=O) groups is 1. The summed E-state index contributed by atoms with van der Waals surface area (Å²) in [5.41, 5.74) is 1.81. The van der Waals surface area contributed by atoms with Crippen molar-refractivity contribution in [3.8, 4) is 0 Å². The monoisotopic (exact) mass is 414 g/mol. The van der Waals surface area contributed by atoms with Gasteiger partial charge in [-0.3, -0.25) is 9.69 Å². The van der Waals surface area contributed by atoms with Gasteiger partial charge in [0, 0.05) is 71.7 Å². The van der Waals surface area contributed by atoms with Crippen molar-refractivity contribution in [2.24, 2.45) is 5.92 Å². The molecule has 2 fully saturated rings. The van der Waals surface area contributed by atoms with Gasteiger partial charge in [0.1, 0.15) is 5.82 Å². The van der Waals surface area contributed by atoms with Gasteiger partial charge in [-0.15, -0.1) is 0 Å². The highest BCUT2D eigenvalue weighted by Gasteiger charge is 2.27. The number of pyridine rings is 1. The molecule has 7 nitrogen and oxygen atoms in total. The van der Waals surface area contributed by atoms with Crippen LogP contribution in [0.1, 0.15) is 23.2 Å². The Hall–Kier alpha value is -2.09.